The number of nitrogens with two attached hydrogens (primary N) is 1. The van der Waals surface area contributed by atoms with Crippen molar-refractivity contribution >= 4 is 11.8 Å². The summed E-state index contributed by atoms with van der Waals surface area (Å²) in [6, 6.07) is 25.9. The summed E-state index contributed by atoms with van der Waals surface area (Å²) in [5.74, 6) is 0.0906. The summed E-state index contributed by atoms with van der Waals surface area (Å²) in [5, 5.41) is 2.98. The molecule has 1 aliphatic heterocycles. The minimum atomic E-state index is -0.795. The molecule has 176 valence electrons. The number of carbonyl (C=O) groups is 2. The van der Waals surface area contributed by atoms with Gasteiger partial charge < -0.3 is 20.7 Å². The molecular formula is C28H31N3O3. The fraction of sp³-hybridized carbons (Fsp3) is 0.286. The van der Waals surface area contributed by atoms with Crippen LogP contribution in [0.5, 0.6) is 5.75 Å². The van der Waals surface area contributed by atoms with Gasteiger partial charge in [0, 0.05) is 19.0 Å². The average Bonchev–Trinajstić information content (AvgIpc) is 3.38. The molecule has 3 aromatic carbocycles. The summed E-state index contributed by atoms with van der Waals surface area (Å²) in [4.78, 5) is 28.3. The molecule has 0 saturated carbocycles. The van der Waals surface area contributed by atoms with E-state index in [-0.39, 0.29) is 17.7 Å². The number of hydrogen-bond donors (Lipinski definition) is 2. The molecule has 1 saturated heterocycles. The van der Waals surface area contributed by atoms with E-state index in [1.54, 1.807) is 12.0 Å². The van der Waals surface area contributed by atoms with Crippen LogP contribution in [0.3, 0.4) is 0 Å². The number of methoxy groups -OCH3 is 1. The summed E-state index contributed by atoms with van der Waals surface area (Å²) >= 11 is 0. The van der Waals surface area contributed by atoms with Crippen LogP contribution in [0.1, 0.15) is 35.4 Å². The maximum atomic E-state index is 13.6. The number of ether oxygens (including phenoxy) is 1. The Morgan fingerprint density at radius 3 is 2.26 bits per heavy atom. The summed E-state index contributed by atoms with van der Waals surface area (Å²) in [5.41, 5.74) is 9.53. The van der Waals surface area contributed by atoms with Gasteiger partial charge in [0.05, 0.1) is 13.2 Å². The molecule has 6 heteroatoms. The van der Waals surface area contributed by atoms with Crippen molar-refractivity contribution < 1.29 is 14.3 Å². The molecule has 0 aromatic heterocycles. The summed E-state index contributed by atoms with van der Waals surface area (Å²) in [6.07, 6.45) is 1.40. The zero-order valence-corrected chi connectivity index (χ0v) is 19.4. The SMILES string of the molecule is COc1cccc(CNC(=O)C2CCCN2C(=O)[C@H](N)C(c2ccccc2)c2ccccc2)c1. The van der Waals surface area contributed by atoms with Crippen molar-refractivity contribution in [3.8, 4) is 5.75 Å². The van der Waals surface area contributed by atoms with Crippen molar-refractivity contribution in [3.63, 3.8) is 0 Å². The molecule has 0 bridgehead atoms. The Balaban J connectivity index is 1.49. The van der Waals surface area contributed by atoms with Crippen LogP contribution in [0.15, 0.2) is 84.9 Å². The van der Waals surface area contributed by atoms with E-state index in [0.29, 0.717) is 19.5 Å². The number of rotatable bonds is 8. The molecule has 2 amide bonds. The number of nitrogens with one attached hydrogen (secondary N) is 1. The molecule has 4 rings (SSSR count). The fourth-order valence-corrected chi connectivity index (χ4v) is 4.65. The Hall–Kier alpha value is -3.64. The maximum Gasteiger partial charge on any atom is 0.243 e. The van der Waals surface area contributed by atoms with Crippen molar-refractivity contribution in [2.24, 2.45) is 5.73 Å². The topological polar surface area (TPSA) is 84.7 Å². The maximum absolute atomic E-state index is 13.6. The van der Waals surface area contributed by atoms with Gasteiger partial charge in [-0.05, 0) is 41.7 Å². The van der Waals surface area contributed by atoms with Crippen LogP contribution >= 0.6 is 0 Å². The summed E-state index contributed by atoms with van der Waals surface area (Å²) in [7, 11) is 1.61. The van der Waals surface area contributed by atoms with E-state index >= 15 is 0 Å². The molecule has 1 aliphatic rings. The molecule has 0 spiro atoms. The van der Waals surface area contributed by atoms with Crippen LogP contribution in [0.4, 0.5) is 0 Å². The smallest absolute Gasteiger partial charge is 0.243 e. The Kier molecular flexibility index (Phi) is 7.60. The highest BCUT2D eigenvalue weighted by atomic mass is 16.5. The number of benzene rings is 3. The molecule has 34 heavy (non-hydrogen) atoms. The Morgan fingerprint density at radius 1 is 1.00 bits per heavy atom. The third kappa shape index (κ3) is 5.29. The van der Waals surface area contributed by atoms with Gasteiger partial charge in [-0.15, -0.1) is 0 Å². The quantitative estimate of drug-likeness (QED) is 0.543. The van der Waals surface area contributed by atoms with Crippen molar-refractivity contribution in [2.75, 3.05) is 13.7 Å². The van der Waals surface area contributed by atoms with Gasteiger partial charge in [-0.3, -0.25) is 9.59 Å². The van der Waals surface area contributed by atoms with E-state index in [4.69, 9.17) is 10.5 Å². The van der Waals surface area contributed by atoms with Crippen LogP contribution in [0.25, 0.3) is 0 Å². The second-order valence-electron chi connectivity index (χ2n) is 8.58. The van der Waals surface area contributed by atoms with E-state index in [2.05, 4.69) is 5.32 Å². The molecule has 1 heterocycles. The van der Waals surface area contributed by atoms with Crippen LogP contribution in [-0.4, -0.2) is 42.5 Å². The van der Waals surface area contributed by atoms with Crippen LogP contribution in [0.2, 0.25) is 0 Å². The van der Waals surface area contributed by atoms with Gasteiger partial charge in [0.15, 0.2) is 0 Å². The first-order chi connectivity index (χ1) is 16.6. The average molecular weight is 458 g/mol. The van der Waals surface area contributed by atoms with Crippen molar-refractivity contribution in [3.05, 3.63) is 102 Å². The second-order valence-corrected chi connectivity index (χ2v) is 8.58. The first-order valence-corrected chi connectivity index (χ1v) is 11.6. The summed E-state index contributed by atoms with van der Waals surface area (Å²) < 4.78 is 5.25. The molecule has 2 atom stereocenters. The van der Waals surface area contributed by atoms with E-state index in [1.165, 1.54) is 0 Å². The number of hydrogen-bond acceptors (Lipinski definition) is 4. The first kappa shape index (κ1) is 23.5. The van der Waals surface area contributed by atoms with Crippen LogP contribution in [0, 0.1) is 0 Å². The lowest BCUT2D eigenvalue weighted by molar-refractivity contribution is -0.139. The number of amides is 2. The predicted octanol–water partition coefficient (Wildman–Crippen LogP) is 3.46. The van der Waals surface area contributed by atoms with Crippen molar-refractivity contribution in [1.29, 1.82) is 0 Å². The standard InChI is InChI=1S/C28H31N3O3/c1-34-23-15-8-10-20(18-23)19-30-27(32)24-16-9-17-31(24)28(33)26(29)25(21-11-4-2-5-12-21)22-13-6-3-7-14-22/h2-8,10-15,18,24-26H,9,16-17,19,29H2,1H3,(H,30,32)/t24?,26-/m1/s1. The summed E-state index contributed by atoms with van der Waals surface area (Å²) in [6.45, 7) is 0.900. The highest BCUT2D eigenvalue weighted by Crippen LogP contribution is 2.30. The zero-order chi connectivity index (χ0) is 23.9. The van der Waals surface area contributed by atoms with Crippen molar-refractivity contribution in [1.82, 2.24) is 10.2 Å². The lowest BCUT2D eigenvalue weighted by Crippen LogP contribution is -2.52. The third-order valence-electron chi connectivity index (χ3n) is 6.40. The first-order valence-electron chi connectivity index (χ1n) is 11.6. The fourth-order valence-electron chi connectivity index (χ4n) is 4.65. The van der Waals surface area contributed by atoms with Gasteiger partial charge in [-0.25, -0.2) is 0 Å². The Bertz CT molecular complexity index is 1060. The lowest BCUT2D eigenvalue weighted by Gasteiger charge is -2.31. The third-order valence-corrected chi connectivity index (χ3v) is 6.40. The molecule has 0 aliphatic carbocycles. The molecule has 6 nitrogen and oxygen atoms in total. The number of nitrogens with zero attached hydrogens (tertiary/aromatic N) is 1. The Morgan fingerprint density at radius 2 is 1.65 bits per heavy atom. The molecule has 0 radical (unpaired) electrons. The van der Waals surface area contributed by atoms with Gasteiger partial charge in [-0.1, -0.05) is 72.8 Å². The molecule has 3 N–H and O–H groups in total. The minimum absolute atomic E-state index is 0.156. The number of carbonyl (C=O) groups excluding carboxylic acids is 2. The van der Waals surface area contributed by atoms with Gasteiger partial charge in [-0.2, -0.15) is 0 Å². The normalized spacial score (nSPS) is 16.3. The highest BCUT2D eigenvalue weighted by molar-refractivity contribution is 5.91. The predicted molar refractivity (Wildman–Crippen MR) is 132 cm³/mol. The molecular weight excluding hydrogens is 426 g/mol. The van der Waals surface area contributed by atoms with Gasteiger partial charge >= 0.3 is 0 Å². The van der Waals surface area contributed by atoms with Crippen molar-refractivity contribution in [2.45, 2.75) is 37.4 Å². The zero-order valence-electron chi connectivity index (χ0n) is 19.4. The van der Waals surface area contributed by atoms with E-state index in [0.717, 1.165) is 28.9 Å². The highest BCUT2D eigenvalue weighted by Gasteiger charge is 2.39. The van der Waals surface area contributed by atoms with E-state index in [1.807, 2.05) is 84.9 Å². The van der Waals surface area contributed by atoms with E-state index in [9.17, 15) is 9.59 Å². The number of likely N-dealkylation sites (tertiary alicyclic amines) is 1. The molecule has 1 fully saturated rings. The molecule has 3 aromatic rings. The lowest BCUT2D eigenvalue weighted by atomic mass is 9.84. The van der Waals surface area contributed by atoms with Crippen LogP contribution in [-0.2, 0) is 16.1 Å². The molecule has 1 unspecified atom stereocenters. The largest absolute Gasteiger partial charge is 0.497 e. The van der Waals surface area contributed by atoms with E-state index < -0.39 is 12.1 Å². The van der Waals surface area contributed by atoms with Gasteiger partial charge in [0.25, 0.3) is 0 Å². The second kappa shape index (κ2) is 11.0. The van der Waals surface area contributed by atoms with Gasteiger partial charge in [0.2, 0.25) is 11.8 Å². The monoisotopic (exact) mass is 457 g/mol. The van der Waals surface area contributed by atoms with Crippen LogP contribution < -0.4 is 15.8 Å². The van der Waals surface area contributed by atoms with Gasteiger partial charge in [0.1, 0.15) is 11.8 Å². The Labute approximate surface area is 200 Å². The minimum Gasteiger partial charge on any atom is -0.497 e.